The summed E-state index contributed by atoms with van der Waals surface area (Å²) in [5, 5.41) is 8.99. The van der Waals surface area contributed by atoms with Crippen LogP contribution in [0.5, 0.6) is 0 Å². The van der Waals surface area contributed by atoms with Crippen molar-refractivity contribution in [2.75, 3.05) is 20.1 Å². The van der Waals surface area contributed by atoms with Gasteiger partial charge in [-0.15, -0.1) is 0 Å². The Bertz CT molecular complexity index is 457. The molecule has 1 unspecified atom stereocenters. The average molecular weight is 258 g/mol. The zero-order valence-electron chi connectivity index (χ0n) is 13.0. The highest BCUT2D eigenvalue weighted by Crippen LogP contribution is 2.17. The summed E-state index contributed by atoms with van der Waals surface area (Å²) in [6.45, 7) is 10.5. The number of likely N-dealkylation sites (N-methyl/N-ethyl adjacent to an activating group) is 1. The van der Waals surface area contributed by atoms with E-state index in [2.05, 4.69) is 57.8 Å². The molecule has 2 heteroatoms. The van der Waals surface area contributed by atoms with Gasteiger partial charge in [0.1, 0.15) is 0 Å². The second kappa shape index (κ2) is 7.31. The first-order chi connectivity index (χ1) is 8.99. The number of benzene rings is 1. The summed E-state index contributed by atoms with van der Waals surface area (Å²) in [6, 6.07) is 6.82. The van der Waals surface area contributed by atoms with Gasteiger partial charge >= 0.3 is 0 Å². The molecule has 1 aromatic carbocycles. The molecule has 0 N–H and O–H groups in total. The summed E-state index contributed by atoms with van der Waals surface area (Å²) in [6.07, 6.45) is 1.99. The van der Waals surface area contributed by atoms with Crippen LogP contribution < -0.4 is 0 Å². The first-order valence-corrected chi connectivity index (χ1v) is 7.13. The molecule has 0 saturated heterocycles. The van der Waals surface area contributed by atoms with Crippen molar-refractivity contribution in [3.8, 4) is 6.07 Å². The predicted octanol–water partition coefficient (Wildman–Crippen LogP) is 3.64. The molecule has 0 saturated carbocycles. The van der Waals surface area contributed by atoms with Crippen LogP contribution in [0.4, 0.5) is 0 Å². The Morgan fingerprint density at radius 1 is 1.21 bits per heavy atom. The van der Waals surface area contributed by atoms with E-state index < -0.39 is 0 Å². The van der Waals surface area contributed by atoms with Crippen molar-refractivity contribution in [3.05, 3.63) is 34.4 Å². The fourth-order valence-electron chi connectivity index (χ4n) is 2.32. The minimum absolute atomic E-state index is 0.158. The molecule has 1 aromatic rings. The second-order valence-electron chi connectivity index (χ2n) is 5.54. The highest BCUT2D eigenvalue weighted by Gasteiger charge is 2.09. The van der Waals surface area contributed by atoms with Gasteiger partial charge in [0, 0.05) is 13.1 Å². The molecule has 0 aromatic heterocycles. The van der Waals surface area contributed by atoms with Gasteiger partial charge < -0.3 is 4.90 Å². The summed E-state index contributed by atoms with van der Waals surface area (Å²) in [5.74, 6) is 0.158. The number of hydrogen-bond acceptors (Lipinski definition) is 2. The van der Waals surface area contributed by atoms with E-state index in [4.69, 9.17) is 5.26 Å². The standard InChI is InChI=1S/C17H26N2/c1-6-16(11-18)12-19(5)10-9-17-8-7-13(2)14(3)15(17)4/h7-8,16H,6,9-10,12H2,1-5H3. The van der Waals surface area contributed by atoms with E-state index in [0.29, 0.717) is 0 Å². The van der Waals surface area contributed by atoms with Gasteiger partial charge in [-0.25, -0.2) is 0 Å². The fourth-order valence-corrected chi connectivity index (χ4v) is 2.32. The van der Waals surface area contributed by atoms with Crippen molar-refractivity contribution in [2.24, 2.45) is 5.92 Å². The molecule has 0 radical (unpaired) electrons. The van der Waals surface area contributed by atoms with Crippen LogP contribution >= 0.6 is 0 Å². The molecule has 2 nitrogen and oxygen atoms in total. The lowest BCUT2D eigenvalue weighted by Crippen LogP contribution is -2.27. The number of hydrogen-bond donors (Lipinski definition) is 0. The van der Waals surface area contributed by atoms with E-state index in [1.54, 1.807) is 0 Å². The first-order valence-electron chi connectivity index (χ1n) is 7.13. The number of nitriles is 1. The van der Waals surface area contributed by atoms with Crippen LogP contribution in [0.3, 0.4) is 0 Å². The smallest absolute Gasteiger partial charge is 0.0669 e. The van der Waals surface area contributed by atoms with Crippen LogP contribution in [0.15, 0.2) is 12.1 Å². The molecule has 0 amide bonds. The van der Waals surface area contributed by atoms with E-state index in [1.165, 1.54) is 22.3 Å². The Kier molecular flexibility index (Phi) is 6.05. The van der Waals surface area contributed by atoms with E-state index in [9.17, 15) is 0 Å². The fraction of sp³-hybridized carbons (Fsp3) is 0.588. The Morgan fingerprint density at radius 2 is 1.89 bits per heavy atom. The summed E-state index contributed by atoms with van der Waals surface area (Å²) in [7, 11) is 2.11. The number of aryl methyl sites for hydroxylation is 1. The molecule has 0 aliphatic heterocycles. The van der Waals surface area contributed by atoms with Crippen LogP contribution in [0, 0.1) is 38.0 Å². The van der Waals surface area contributed by atoms with Gasteiger partial charge in [-0.2, -0.15) is 5.26 Å². The molecule has 0 heterocycles. The first kappa shape index (κ1) is 15.7. The molecule has 0 spiro atoms. The molecule has 104 valence electrons. The summed E-state index contributed by atoms with van der Waals surface area (Å²) in [4.78, 5) is 2.27. The third-order valence-electron chi connectivity index (χ3n) is 4.14. The van der Waals surface area contributed by atoms with Gasteiger partial charge in [0.2, 0.25) is 0 Å². The third-order valence-corrected chi connectivity index (χ3v) is 4.14. The van der Waals surface area contributed by atoms with E-state index in [-0.39, 0.29) is 5.92 Å². The summed E-state index contributed by atoms with van der Waals surface area (Å²) < 4.78 is 0. The van der Waals surface area contributed by atoms with Crippen LogP contribution in [-0.4, -0.2) is 25.0 Å². The Balaban J connectivity index is 2.58. The number of nitrogens with zero attached hydrogens (tertiary/aromatic N) is 2. The van der Waals surface area contributed by atoms with Crippen molar-refractivity contribution in [2.45, 2.75) is 40.5 Å². The zero-order valence-corrected chi connectivity index (χ0v) is 13.0. The van der Waals surface area contributed by atoms with Gasteiger partial charge in [0.15, 0.2) is 0 Å². The minimum Gasteiger partial charge on any atom is -0.305 e. The molecule has 1 atom stereocenters. The lowest BCUT2D eigenvalue weighted by Gasteiger charge is -2.20. The Morgan fingerprint density at radius 3 is 2.47 bits per heavy atom. The molecule has 0 aliphatic carbocycles. The van der Waals surface area contributed by atoms with Gasteiger partial charge in [-0.1, -0.05) is 19.1 Å². The molecule has 1 rings (SSSR count). The zero-order chi connectivity index (χ0) is 14.4. The average Bonchev–Trinajstić information content (AvgIpc) is 2.41. The van der Waals surface area contributed by atoms with Gasteiger partial charge in [0.05, 0.1) is 12.0 Å². The third kappa shape index (κ3) is 4.36. The maximum atomic E-state index is 8.99. The van der Waals surface area contributed by atoms with Gasteiger partial charge in [-0.05, 0) is 62.9 Å². The number of rotatable bonds is 6. The Hall–Kier alpha value is -1.33. The van der Waals surface area contributed by atoms with E-state index >= 15 is 0 Å². The largest absolute Gasteiger partial charge is 0.305 e. The second-order valence-corrected chi connectivity index (χ2v) is 5.54. The van der Waals surface area contributed by atoms with Crippen LogP contribution in [0.1, 0.15) is 35.6 Å². The minimum atomic E-state index is 0.158. The Labute approximate surface area is 118 Å². The van der Waals surface area contributed by atoms with Crippen molar-refractivity contribution in [3.63, 3.8) is 0 Å². The molecular weight excluding hydrogens is 232 g/mol. The molecular formula is C17H26N2. The molecule has 19 heavy (non-hydrogen) atoms. The van der Waals surface area contributed by atoms with Crippen molar-refractivity contribution in [1.29, 1.82) is 5.26 Å². The lowest BCUT2D eigenvalue weighted by atomic mass is 9.97. The maximum absolute atomic E-state index is 8.99. The summed E-state index contributed by atoms with van der Waals surface area (Å²) >= 11 is 0. The lowest BCUT2D eigenvalue weighted by molar-refractivity contribution is 0.303. The van der Waals surface area contributed by atoms with E-state index in [1.807, 2.05) is 0 Å². The van der Waals surface area contributed by atoms with Crippen molar-refractivity contribution >= 4 is 0 Å². The van der Waals surface area contributed by atoms with Gasteiger partial charge in [0.25, 0.3) is 0 Å². The highest BCUT2D eigenvalue weighted by molar-refractivity contribution is 5.38. The predicted molar refractivity (Wildman–Crippen MR) is 81.2 cm³/mol. The molecule has 0 fully saturated rings. The highest BCUT2D eigenvalue weighted by atomic mass is 15.1. The van der Waals surface area contributed by atoms with Crippen LogP contribution in [0.25, 0.3) is 0 Å². The quantitative estimate of drug-likeness (QED) is 0.779. The topological polar surface area (TPSA) is 27.0 Å². The normalized spacial score (nSPS) is 12.5. The van der Waals surface area contributed by atoms with Crippen LogP contribution in [-0.2, 0) is 6.42 Å². The summed E-state index contributed by atoms with van der Waals surface area (Å²) in [5.41, 5.74) is 5.62. The maximum Gasteiger partial charge on any atom is 0.0669 e. The van der Waals surface area contributed by atoms with Crippen molar-refractivity contribution in [1.82, 2.24) is 4.90 Å². The van der Waals surface area contributed by atoms with Gasteiger partial charge in [-0.3, -0.25) is 0 Å². The molecule has 0 bridgehead atoms. The monoisotopic (exact) mass is 258 g/mol. The van der Waals surface area contributed by atoms with Crippen molar-refractivity contribution < 1.29 is 0 Å². The SMILES string of the molecule is CCC(C#N)CN(C)CCc1ccc(C)c(C)c1C. The van der Waals surface area contributed by atoms with E-state index in [0.717, 1.165) is 25.9 Å². The van der Waals surface area contributed by atoms with Crippen LogP contribution in [0.2, 0.25) is 0 Å². The molecule has 0 aliphatic rings.